The average molecular weight is 1190 g/mol. The second-order valence-electron chi connectivity index (χ2n) is 23.9. The first-order chi connectivity index (χ1) is 42.2. The van der Waals surface area contributed by atoms with Crippen LogP contribution in [0.4, 0.5) is 11.4 Å². The Labute approximate surface area is 516 Å². The first-order valence-electron chi connectivity index (χ1n) is 34.5. The molecule has 0 amide bonds. The number of hydrogen-bond acceptors (Lipinski definition) is 12. The minimum atomic E-state index is -0.395. The van der Waals surface area contributed by atoms with Crippen molar-refractivity contribution in [3.63, 3.8) is 0 Å². The molecule has 5 rings (SSSR count). The van der Waals surface area contributed by atoms with E-state index >= 15 is 0 Å². The number of rotatable bonds is 54. The van der Waals surface area contributed by atoms with Crippen LogP contribution in [0.3, 0.4) is 0 Å². The van der Waals surface area contributed by atoms with E-state index in [-0.39, 0.29) is 22.9 Å². The van der Waals surface area contributed by atoms with Crippen molar-refractivity contribution >= 4 is 57.9 Å². The molecule has 0 unspecified atom stereocenters. The van der Waals surface area contributed by atoms with Gasteiger partial charge in [0.25, 0.3) is 0 Å². The molecule has 0 aliphatic rings. The smallest absolute Gasteiger partial charge is 0.314 e. The molecule has 5 aromatic rings. The van der Waals surface area contributed by atoms with Crippen molar-refractivity contribution in [1.29, 1.82) is 0 Å². The molecule has 478 valence electrons. The Morgan fingerprint density at radius 3 is 0.837 bits per heavy atom. The molecule has 0 saturated heterocycles. The lowest BCUT2D eigenvalue weighted by atomic mass is 10.1. The highest BCUT2D eigenvalue weighted by Gasteiger charge is 2.22. The van der Waals surface area contributed by atoms with Crippen LogP contribution in [0.25, 0.3) is 46.5 Å². The SMILES string of the molecule is CCCCCCCCCCCCOc1cc([N+](=O)[O-])c(OCCCCCCCCCCCC)cc1/C=C/c1nc2cc3oc(/C=C/c4cc(OCCCCCCCCCCCC)c([N+](=O)[O-])cc4OCCCCCCCCCCCC)nc3cc2o1. The number of hydrogen-bond donors (Lipinski definition) is 0. The van der Waals surface area contributed by atoms with Crippen LogP contribution >= 0.6 is 0 Å². The molecule has 0 aliphatic heterocycles. The van der Waals surface area contributed by atoms with E-state index in [4.69, 9.17) is 37.7 Å². The minimum Gasteiger partial charge on any atom is -0.493 e. The molecule has 14 nitrogen and oxygen atoms in total. The van der Waals surface area contributed by atoms with Crippen molar-refractivity contribution in [3.8, 4) is 23.0 Å². The van der Waals surface area contributed by atoms with Crippen LogP contribution in [0, 0.1) is 20.2 Å². The molecular weight excluding hydrogens is 1080 g/mol. The first kappa shape index (κ1) is 70.8. The van der Waals surface area contributed by atoms with Gasteiger partial charge in [-0.3, -0.25) is 20.2 Å². The lowest BCUT2D eigenvalue weighted by Gasteiger charge is -2.13. The van der Waals surface area contributed by atoms with Crippen LogP contribution in [-0.4, -0.2) is 46.2 Å². The summed E-state index contributed by atoms with van der Waals surface area (Å²) in [6.07, 6.45) is 54.7. The zero-order chi connectivity index (χ0) is 61.1. The second-order valence-corrected chi connectivity index (χ2v) is 23.9. The zero-order valence-corrected chi connectivity index (χ0v) is 53.8. The van der Waals surface area contributed by atoms with Gasteiger partial charge in [-0.15, -0.1) is 0 Å². The van der Waals surface area contributed by atoms with Crippen LogP contribution in [0.1, 0.15) is 307 Å². The van der Waals surface area contributed by atoms with Crippen LogP contribution in [0.2, 0.25) is 0 Å². The molecular formula is C72H110N4O10. The van der Waals surface area contributed by atoms with E-state index in [2.05, 4.69) is 27.7 Å². The number of oxazole rings is 2. The van der Waals surface area contributed by atoms with Crippen LogP contribution in [0.15, 0.2) is 45.2 Å². The van der Waals surface area contributed by atoms with E-state index in [1.54, 1.807) is 36.4 Å². The maximum absolute atomic E-state index is 12.5. The Kier molecular flexibility index (Phi) is 36.7. The minimum absolute atomic E-state index is 0.117. The summed E-state index contributed by atoms with van der Waals surface area (Å²) in [5, 5.41) is 24.9. The van der Waals surface area contributed by atoms with Crippen molar-refractivity contribution in [3.05, 3.63) is 79.5 Å². The van der Waals surface area contributed by atoms with Crippen molar-refractivity contribution in [2.45, 2.75) is 285 Å². The first-order valence-corrected chi connectivity index (χ1v) is 34.5. The molecule has 0 atom stereocenters. The summed E-state index contributed by atoms with van der Waals surface area (Å²) in [6, 6.07) is 9.95. The summed E-state index contributed by atoms with van der Waals surface area (Å²) >= 11 is 0. The molecule has 2 heterocycles. The monoisotopic (exact) mass is 1190 g/mol. The van der Waals surface area contributed by atoms with Gasteiger partial charge in [-0.1, -0.05) is 259 Å². The molecule has 0 saturated carbocycles. The quantitative estimate of drug-likeness (QED) is 0.0205. The Balaban J connectivity index is 1.28. The second kappa shape index (κ2) is 44.5. The number of unbranched alkanes of at least 4 members (excludes halogenated alkanes) is 36. The summed E-state index contributed by atoms with van der Waals surface area (Å²) in [6.45, 7) is 10.6. The molecule has 0 N–H and O–H groups in total. The van der Waals surface area contributed by atoms with Gasteiger partial charge in [0.05, 0.1) is 48.4 Å². The normalized spacial score (nSPS) is 11.8. The molecule has 86 heavy (non-hydrogen) atoms. The standard InChI is InChI=1S/C72H110N4O10/c1-5-9-13-17-21-25-29-33-37-41-49-81-65-57-63(75(77)78)69(83-51-43-39-35-31-27-23-19-15-11-7-3)53-59(65)45-47-71-73-61-55-68-62(56-67(61)85-71)74-72(86-68)48-46-60-54-70(84-52-44-40-36-32-28-24-20-16-12-8-4)64(76(79)80)58-66(60)82-50-42-38-34-30-26-22-18-14-10-6-2/h45-48,53-58H,5-44,49-52H2,1-4H3/b47-45+,48-46+. The predicted octanol–water partition coefficient (Wildman–Crippen LogP) is 23.3. The van der Waals surface area contributed by atoms with Crippen LogP contribution < -0.4 is 18.9 Å². The Bertz CT molecular complexity index is 2460. The Hall–Kier alpha value is -5.92. The molecule has 0 radical (unpaired) electrons. The average Bonchev–Trinajstić information content (AvgIpc) is 1.95. The van der Waals surface area contributed by atoms with Gasteiger partial charge in [-0.2, -0.15) is 0 Å². The Morgan fingerprint density at radius 2 is 0.581 bits per heavy atom. The molecule has 0 aliphatic carbocycles. The zero-order valence-electron chi connectivity index (χ0n) is 53.8. The number of ether oxygens (including phenoxy) is 4. The predicted molar refractivity (Wildman–Crippen MR) is 355 cm³/mol. The largest absolute Gasteiger partial charge is 0.493 e. The van der Waals surface area contributed by atoms with E-state index in [0.29, 0.717) is 83.0 Å². The van der Waals surface area contributed by atoms with Crippen molar-refractivity contribution in [1.82, 2.24) is 9.97 Å². The van der Waals surface area contributed by atoms with E-state index in [9.17, 15) is 20.2 Å². The third-order valence-electron chi connectivity index (χ3n) is 16.3. The van der Waals surface area contributed by atoms with Crippen molar-refractivity contribution in [2.75, 3.05) is 26.4 Å². The summed E-state index contributed by atoms with van der Waals surface area (Å²) in [4.78, 5) is 33.7. The molecule has 0 fully saturated rings. The molecule has 2 aromatic heterocycles. The molecule has 0 spiro atoms. The number of fused-ring (bicyclic) bond motifs is 2. The van der Waals surface area contributed by atoms with E-state index in [1.165, 1.54) is 192 Å². The topological polar surface area (TPSA) is 175 Å². The van der Waals surface area contributed by atoms with Gasteiger partial charge in [0.2, 0.25) is 11.8 Å². The highest BCUT2D eigenvalue weighted by molar-refractivity contribution is 5.90. The summed E-state index contributed by atoms with van der Waals surface area (Å²) < 4.78 is 37.4. The number of nitrogens with zero attached hydrogens (tertiary/aromatic N) is 4. The summed E-state index contributed by atoms with van der Waals surface area (Å²) in [5.41, 5.74) is 3.16. The maximum Gasteiger partial charge on any atom is 0.314 e. The highest BCUT2D eigenvalue weighted by Crippen LogP contribution is 2.38. The fourth-order valence-corrected chi connectivity index (χ4v) is 11.1. The third kappa shape index (κ3) is 28.3. The van der Waals surface area contributed by atoms with Crippen molar-refractivity contribution in [2.24, 2.45) is 0 Å². The van der Waals surface area contributed by atoms with E-state index in [0.717, 1.165) is 77.0 Å². The maximum atomic E-state index is 12.5. The number of nitro groups is 2. The van der Waals surface area contributed by atoms with Crippen LogP contribution in [-0.2, 0) is 0 Å². The van der Waals surface area contributed by atoms with E-state index in [1.807, 2.05) is 12.2 Å². The summed E-state index contributed by atoms with van der Waals surface area (Å²) in [5.74, 6) is 1.89. The molecule has 14 heteroatoms. The number of aromatic nitrogens is 2. The lowest BCUT2D eigenvalue weighted by molar-refractivity contribution is -0.386. The molecule has 3 aromatic carbocycles. The fraction of sp³-hybridized carbons (Fsp3) is 0.667. The van der Waals surface area contributed by atoms with Gasteiger partial charge in [-0.25, -0.2) is 9.97 Å². The number of nitro benzene ring substituents is 2. The van der Waals surface area contributed by atoms with Gasteiger partial charge in [0, 0.05) is 35.4 Å². The van der Waals surface area contributed by atoms with Gasteiger partial charge in [0.15, 0.2) is 22.7 Å². The van der Waals surface area contributed by atoms with Crippen LogP contribution in [0.5, 0.6) is 23.0 Å². The summed E-state index contributed by atoms with van der Waals surface area (Å²) in [7, 11) is 0. The number of benzene rings is 3. The van der Waals surface area contributed by atoms with E-state index < -0.39 is 9.85 Å². The van der Waals surface area contributed by atoms with Gasteiger partial charge in [0.1, 0.15) is 22.5 Å². The van der Waals surface area contributed by atoms with Gasteiger partial charge >= 0.3 is 11.4 Å². The third-order valence-corrected chi connectivity index (χ3v) is 16.3. The van der Waals surface area contributed by atoms with Gasteiger partial charge < -0.3 is 27.8 Å². The highest BCUT2D eigenvalue weighted by atomic mass is 16.6. The van der Waals surface area contributed by atoms with Crippen molar-refractivity contribution < 1.29 is 37.6 Å². The lowest BCUT2D eigenvalue weighted by Crippen LogP contribution is -2.04. The van der Waals surface area contributed by atoms with Gasteiger partial charge in [-0.05, 0) is 50.0 Å². The Morgan fingerprint density at radius 1 is 0.337 bits per heavy atom. The molecule has 0 bridgehead atoms. The fourth-order valence-electron chi connectivity index (χ4n) is 11.1.